The third-order valence-electron chi connectivity index (χ3n) is 2.70. The van der Waals surface area contributed by atoms with Crippen LogP contribution in [-0.4, -0.2) is 0 Å². The van der Waals surface area contributed by atoms with E-state index in [0.717, 1.165) is 11.1 Å². The summed E-state index contributed by atoms with van der Waals surface area (Å²) in [4.78, 5) is -0.0102. The molecule has 0 radical (unpaired) electrons. The maximum Gasteiger partial charge on any atom is 0.141 e. The maximum absolute atomic E-state index is 13.1. The molecule has 0 bridgehead atoms. The molecule has 0 aliphatic heterocycles. The molecule has 1 atom stereocenters. The Balaban J connectivity index is 2.20. The third kappa shape index (κ3) is 3.77. The van der Waals surface area contributed by atoms with E-state index in [1.807, 2.05) is 0 Å². The van der Waals surface area contributed by atoms with E-state index in [4.69, 9.17) is 11.6 Å². The van der Waals surface area contributed by atoms with Crippen molar-refractivity contribution in [3.05, 3.63) is 68.7 Å². The second-order valence-corrected chi connectivity index (χ2v) is 6.45. The Bertz CT molecular complexity index is 602. The van der Waals surface area contributed by atoms with Crippen LogP contribution in [0.15, 0.2) is 40.9 Å². The fraction of sp³-hybridized carbons (Fsp3) is 0.143. The molecule has 1 unspecified atom stereocenters. The Kier molecular flexibility index (Phi) is 4.98. The summed E-state index contributed by atoms with van der Waals surface area (Å²) in [7, 11) is 0. The Labute approximate surface area is 132 Å². The van der Waals surface area contributed by atoms with Crippen LogP contribution < -0.4 is 0 Å². The largest absolute Gasteiger partial charge is 0.207 e. The summed E-state index contributed by atoms with van der Waals surface area (Å²) >= 11 is 12.6. The maximum atomic E-state index is 13.1. The van der Waals surface area contributed by atoms with Gasteiger partial charge in [0.2, 0.25) is 0 Å². The highest BCUT2D eigenvalue weighted by atomic mass is 79.9. The number of alkyl halides is 1. The summed E-state index contributed by atoms with van der Waals surface area (Å²) < 4.78 is 26.8. The van der Waals surface area contributed by atoms with Crippen LogP contribution in [0, 0.1) is 11.6 Å². The summed E-state index contributed by atoms with van der Waals surface area (Å²) in [6.45, 7) is 0. The number of halogens is 5. The molecular weight excluding hydrogens is 401 g/mol. The Morgan fingerprint density at radius 1 is 1.11 bits per heavy atom. The van der Waals surface area contributed by atoms with Crippen molar-refractivity contribution in [3.63, 3.8) is 0 Å². The van der Waals surface area contributed by atoms with E-state index < -0.39 is 5.82 Å². The summed E-state index contributed by atoms with van der Waals surface area (Å²) in [6, 6.07) is 9.17. The second kappa shape index (κ2) is 6.33. The van der Waals surface area contributed by atoms with Crippen molar-refractivity contribution in [3.8, 4) is 0 Å². The van der Waals surface area contributed by atoms with E-state index >= 15 is 0 Å². The molecule has 100 valence electrons. The number of hydrogen-bond acceptors (Lipinski definition) is 0. The molecule has 0 aromatic heterocycles. The van der Waals surface area contributed by atoms with Crippen molar-refractivity contribution in [1.29, 1.82) is 0 Å². The minimum atomic E-state index is -0.431. The van der Waals surface area contributed by atoms with Crippen molar-refractivity contribution in [1.82, 2.24) is 0 Å². The van der Waals surface area contributed by atoms with Gasteiger partial charge in [0.1, 0.15) is 11.6 Å². The van der Waals surface area contributed by atoms with E-state index in [9.17, 15) is 8.78 Å². The summed E-state index contributed by atoms with van der Waals surface area (Å²) in [5.41, 5.74) is 1.84. The van der Waals surface area contributed by atoms with Crippen LogP contribution in [0.2, 0.25) is 5.02 Å². The Morgan fingerprint density at radius 3 is 2.47 bits per heavy atom. The lowest BCUT2D eigenvalue weighted by Gasteiger charge is -2.13. The van der Waals surface area contributed by atoms with Crippen molar-refractivity contribution in [2.75, 3.05) is 0 Å². The highest BCUT2D eigenvalue weighted by molar-refractivity contribution is 9.11. The first kappa shape index (κ1) is 14.9. The van der Waals surface area contributed by atoms with E-state index in [2.05, 4.69) is 31.9 Å². The van der Waals surface area contributed by atoms with Crippen LogP contribution in [0.5, 0.6) is 0 Å². The number of hydrogen-bond donors (Lipinski definition) is 0. The van der Waals surface area contributed by atoms with Gasteiger partial charge in [-0.05, 0) is 41.8 Å². The molecule has 0 saturated carbocycles. The van der Waals surface area contributed by atoms with Gasteiger partial charge in [0.05, 0.1) is 5.02 Å². The van der Waals surface area contributed by atoms with Crippen LogP contribution in [0.1, 0.15) is 16.0 Å². The summed E-state index contributed by atoms with van der Waals surface area (Å²) in [5, 5.41) is 0.107. The molecule has 2 aromatic carbocycles. The van der Waals surface area contributed by atoms with Gasteiger partial charge in [-0.2, -0.15) is 0 Å². The molecule has 19 heavy (non-hydrogen) atoms. The minimum absolute atomic E-state index is 0.0102. The highest BCUT2D eigenvalue weighted by Gasteiger charge is 2.13. The van der Waals surface area contributed by atoms with Crippen LogP contribution >= 0.6 is 43.5 Å². The molecule has 2 rings (SSSR count). The molecule has 0 nitrogen and oxygen atoms in total. The van der Waals surface area contributed by atoms with Crippen LogP contribution in [-0.2, 0) is 6.42 Å². The van der Waals surface area contributed by atoms with E-state index in [1.54, 1.807) is 18.2 Å². The number of rotatable bonds is 3. The van der Waals surface area contributed by atoms with Gasteiger partial charge in [-0.1, -0.05) is 55.6 Å². The zero-order valence-electron chi connectivity index (χ0n) is 9.64. The monoisotopic (exact) mass is 408 g/mol. The van der Waals surface area contributed by atoms with Gasteiger partial charge in [-0.15, -0.1) is 0 Å². The Hall–Kier alpha value is -0.450. The lowest BCUT2D eigenvalue weighted by Crippen LogP contribution is -1.97. The summed E-state index contributed by atoms with van der Waals surface area (Å²) in [6.07, 6.45) is 0.629. The zero-order valence-corrected chi connectivity index (χ0v) is 13.6. The van der Waals surface area contributed by atoms with Gasteiger partial charge >= 0.3 is 0 Å². The molecule has 0 aliphatic rings. The lowest BCUT2D eigenvalue weighted by atomic mass is 10.0. The second-order valence-electron chi connectivity index (χ2n) is 4.09. The van der Waals surface area contributed by atoms with Crippen LogP contribution in [0.25, 0.3) is 0 Å². The normalized spacial score (nSPS) is 12.5. The van der Waals surface area contributed by atoms with Crippen molar-refractivity contribution < 1.29 is 8.78 Å². The van der Waals surface area contributed by atoms with Crippen molar-refractivity contribution in [2.24, 2.45) is 0 Å². The molecule has 0 N–H and O–H groups in total. The van der Waals surface area contributed by atoms with Gasteiger partial charge < -0.3 is 0 Å². The molecule has 0 aliphatic carbocycles. The van der Waals surface area contributed by atoms with Crippen LogP contribution in [0.4, 0.5) is 8.78 Å². The number of benzene rings is 2. The highest BCUT2D eigenvalue weighted by Crippen LogP contribution is 2.33. The minimum Gasteiger partial charge on any atom is -0.207 e. The molecule has 0 spiro atoms. The first-order chi connectivity index (χ1) is 8.97. The smallest absolute Gasteiger partial charge is 0.141 e. The van der Waals surface area contributed by atoms with E-state index in [-0.39, 0.29) is 15.7 Å². The quantitative estimate of drug-likeness (QED) is 0.540. The van der Waals surface area contributed by atoms with Gasteiger partial charge in [-0.25, -0.2) is 8.78 Å². The SMILES string of the molecule is Fc1ccc(C(Br)Cc2ccc(F)c(Cl)c2)c(Br)c1. The zero-order chi connectivity index (χ0) is 14.0. The molecule has 0 fully saturated rings. The van der Waals surface area contributed by atoms with E-state index in [1.165, 1.54) is 18.2 Å². The third-order valence-corrected chi connectivity index (χ3v) is 4.49. The molecule has 0 amide bonds. The Morgan fingerprint density at radius 2 is 1.84 bits per heavy atom. The first-order valence-electron chi connectivity index (χ1n) is 5.50. The average Bonchev–Trinajstić information content (AvgIpc) is 2.33. The van der Waals surface area contributed by atoms with Gasteiger partial charge in [-0.3, -0.25) is 0 Å². The van der Waals surface area contributed by atoms with Crippen molar-refractivity contribution in [2.45, 2.75) is 11.2 Å². The first-order valence-corrected chi connectivity index (χ1v) is 7.59. The predicted molar refractivity (Wildman–Crippen MR) is 80.9 cm³/mol. The fourth-order valence-corrected chi connectivity index (χ4v) is 3.65. The molecule has 2 aromatic rings. The van der Waals surface area contributed by atoms with E-state index in [0.29, 0.717) is 10.9 Å². The fourth-order valence-electron chi connectivity index (χ4n) is 1.74. The molecule has 0 heterocycles. The lowest BCUT2D eigenvalue weighted by molar-refractivity contribution is 0.625. The van der Waals surface area contributed by atoms with Crippen LogP contribution in [0.3, 0.4) is 0 Å². The summed E-state index contributed by atoms with van der Waals surface area (Å²) in [5.74, 6) is -0.723. The van der Waals surface area contributed by atoms with Gasteiger partial charge in [0, 0.05) is 9.30 Å². The predicted octanol–water partition coefficient (Wildman–Crippen LogP) is 6.06. The molecular formula is C14H9Br2ClF2. The topological polar surface area (TPSA) is 0 Å². The van der Waals surface area contributed by atoms with Gasteiger partial charge in [0.15, 0.2) is 0 Å². The molecule has 5 heteroatoms. The average molecular weight is 410 g/mol. The van der Waals surface area contributed by atoms with Gasteiger partial charge in [0.25, 0.3) is 0 Å². The molecule has 0 saturated heterocycles. The van der Waals surface area contributed by atoms with Crippen molar-refractivity contribution >= 4 is 43.5 Å². The standard InChI is InChI=1S/C14H9Br2ClF2/c15-11(10-3-2-9(18)7-12(10)16)5-8-1-4-14(19)13(17)6-8/h1-4,6-7,11H,5H2.